The number of fused-ring (bicyclic) bond motifs is 1. The number of nitrogens with one attached hydrogen (secondary N) is 2. The van der Waals surface area contributed by atoms with Gasteiger partial charge < -0.3 is 15.0 Å². The predicted molar refractivity (Wildman–Crippen MR) is 77.0 cm³/mol. The van der Waals surface area contributed by atoms with E-state index in [1.54, 1.807) is 31.5 Å². The van der Waals surface area contributed by atoms with E-state index in [1.165, 1.54) is 0 Å². The van der Waals surface area contributed by atoms with Crippen molar-refractivity contribution in [3.8, 4) is 5.88 Å². The summed E-state index contributed by atoms with van der Waals surface area (Å²) < 4.78 is 4.98. The Morgan fingerprint density at radius 1 is 1.25 bits per heavy atom. The number of amides is 1. The molecule has 1 amide bonds. The molecule has 0 saturated carbocycles. The Hall–Kier alpha value is -2.82. The van der Waals surface area contributed by atoms with E-state index in [4.69, 9.17) is 4.74 Å². The van der Waals surface area contributed by atoms with Crippen molar-refractivity contribution in [1.82, 2.24) is 9.97 Å². The number of benzene rings is 1. The first-order chi connectivity index (χ1) is 9.78. The highest BCUT2D eigenvalue weighted by atomic mass is 16.5. The molecule has 0 aliphatic heterocycles. The summed E-state index contributed by atoms with van der Waals surface area (Å²) in [4.78, 5) is 19.4. The van der Waals surface area contributed by atoms with Crippen molar-refractivity contribution in [3.63, 3.8) is 0 Å². The quantitative estimate of drug-likeness (QED) is 0.766. The van der Waals surface area contributed by atoms with Gasteiger partial charge in [-0.1, -0.05) is 6.07 Å². The third kappa shape index (κ3) is 2.21. The lowest BCUT2D eigenvalue weighted by Crippen LogP contribution is -2.12. The number of carbonyl (C=O) groups excluding carboxylic acids is 1. The summed E-state index contributed by atoms with van der Waals surface area (Å²) in [5.74, 6) is 0.345. The molecule has 0 radical (unpaired) electrons. The van der Waals surface area contributed by atoms with Gasteiger partial charge in [0.1, 0.15) is 0 Å². The lowest BCUT2D eigenvalue weighted by molar-refractivity contribution is 0.102. The van der Waals surface area contributed by atoms with Crippen LogP contribution in [0, 0.1) is 0 Å². The number of hydrogen-bond donors (Lipinski definition) is 2. The third-order valence-electron chi connectivity index (χ3n) is 3.04. The van der Waals surface area contributed by atoms with E-state index >= 15 is 0 Å². The molecule has 3 aromatic rings. The minimum atomic E-state index is -0.165. The number of hydrogen-bond acceptors (Lipinski definition) is 3. The van der Waals surface area contributed by atoms with E-state index in [-0.39, 0.29) is 5.91 Å². The Kier molecular flexibility index (Phi) is 3.09. The average Bonchev–Trinajstić information content (AvgIpc) is 2.96. The highest BCUT2D eigenvalue weighted by molar-refractivity contribution is 6.12. The van der Waals surface area contributed by atoms with Crippen molar-refractivity contribution in [2.45, 2.75) is 0 Å². The Bertz CT molecular complexity index is 747. The predicted octanol–water partition coefficient (Wildman–Crippen LogP) is 2.82. The van der Waals surface area contributed by atoms with E-state index in [1.807, 2.05) is 24.4 Å². The number of aromatic amines is 1. The number of rotatable bonds is 3. The molecule has 0 aliphatic rings. The number of methoxy groups -OCH3 is 1. The van der Waals surface area contributed by atoms with Gasteiger partial charge in [-0.25, -0.2) is 4.98 Å². The first kappa shape index (κ1) is 12.2. The summed E-state index contributed by atoms with van der Waals surface area (Å²) in [6.07, 6.45) is 3.38. The second-order valence-corrected chi connectivity index (χ2v) is 4.29. The number of aromatic nitrogens is 2. The van der Waals surface area contributed by atoms with E-state index in [2.05, 4.69) is 15.3 Å². The lowest BCUT2D eigenvalue weighted by atomic mass is 10.1. The molecule has 1 aromatic carbocycles. The molecule has 0 atom stereocenters. The average molecular weight is 267 g/mol. The Balaban J connectivity index is 1.87. The van der Waals surface area contributed by atoms with Gasteiger partial charge in [0.15, 0.2) is 0 Å². The summed E-state index contributed by atoms with van der Waals surface area (Å²) in [5, 5.41) is 3.72. The van der Waals surface area contributed by atoms with Crippen LogP contribution < -0.4 is 10.1 Å². The second kappa shape index (κ2) is 5.05. The number of nitrogens with zero attached hydrogens (tertiary/aromatic N) is 1. The number of H-pyrrole nitrogens is 1. The highest BCUT2D eigenvalue weighted by Crippen LogP contribution is 2.19. The summed E-state index contributed by atoms with van der Waals surface area (Å²) in [6.45, 7) is 0. The van der Waals surface area contributed by atoms with Crippen LogP contribution in [0.2, 0.25) is 0 Å². The van der Waals surface area contributed by atoms with Crippen molar-refractivity contribution in [2.24, 2.45) is 0 Å². The van der Waals surface area contributed by atoms with Crippen LogP contribution in [0.4, 0.5) is 5.69 Å². The van der Waals surface area contributed by atoms with Crippen LogP contribution >= 0.6 is 0 Å². The number of ether oxygens (including phenoxy) is 1. The summed E-state index contributed by atoms with van der Waals surface area (Å²) in [7, 11) is 1.55. The molecule has 0 aliphatic carbocycles. The molecule has 0 fully saturated rings. The minimum Gasteiger partial charge on any atom is -0.481 e. The molecule has 0 spiro atoms. The first-order valence-electron chi connectivity index (χ1n) is 6.15. The van der Waals surface area contributed by atoms with Gasteiger partial charge in [-0.2, -0.15) is 0 Å². The second-order valence-electron chi connectivity index (χ2n) is 4.29. The van der Waals surface area contributed by atoms with Crippen molar-refractivity contribution < 1.29 is 9.53 Å². The smallest absolute Gasteiger partial charge is 0.256 e. The monoisotopic (exact) mass is 267 g/mol. The fourth-order valence-corrected chi connectivity index (χ4v) is 2.06. The van der Waals surface area contributed by atoms with Gasteiger partial charge >= 0.3 is 0 Å². The molecule has 0 saturated heterocycles. The molecule has 3 rings (SSSR count). The van der Waals surface area contributed by atoms with E-state index in [0.29, 0.717) is 17.1 Å². The van der Waals surface area contributed by atoms with Gasteiger partial charge in [0, 0.05) is 28.7 Å². The Labute approximate surface area is 115 Å². The summed E-state index contributed by atoms with van der Waals surface area (Å²) >= 11 is 0. The maximum Gasteiger partial charge on any atom is 0.256 e. The molecular formula is C15H13N3O2. The number of carbonyl (C=O) groups is 1. The minimum absolute atomic E-state index is 0.165. The van der Waals surface area contributed by atoms with Crippen LogP contribution in [0.15, 0.2) is 48.8 Å². The molecule has 100 valence electrons. The van der Waals surface area contributed by atoms with E-state index < -0.39 is 0 Å². The topological polar surface area (TPSA) is 67.0 Å². The summed E-state index contributed by atoms with van der Waals surface area (Å²) in [5.41, 5.74) is 2.19. The normalized spacial score (nSPS) is 10.4. The molecule has 0 unspecified atom stereocenters. The zero-order valence-electron chi connectivity index (χ0n) is 10.9. The van der Waals surface area contributed by atoms with Crippen LogP contribution in [-0.2, 0) is 0 Å². The van der Waals surface area contributed by atoms with Crippen molar-refractivity contribution in [3.05, 3.63) is 54.4 Å². The van der Waals surface area contributed by atoms with Crippen LogP contribution in [0.25, 0.3) is 10.9 Å². The van der Waals surface area contributed by atoms with Crippen molar-refractivity contribution in [2.75, 3.05) is 12.4 Å². The van der Waals surface area contributed by atoms with Gasteiger partial charge in [0.05, 0.1) is 19.0 Å². The number of anilines is 1. The van der Waals surface area contributed by atoms with Gasteiger partial charge in [-0.3, -0.25) is 4.79 Å². The molecule has 5 nitrogen and oxygen atoms in total. The maximum atomic E-state index is 12.3. The first-order valence-corrected chi connectivity index (χ1v) is 6.15. The Morgan fingerprint density at radius 2 is 2.15 bits per heavy atom. The fourth-order valence-electron chi connectivity index (χ4n) is 2.06. The van der Waals surface area contributed by atoms with Gasteiger partial charge in [0.2, 0.25) is 5.88 Å². The Morgan fingerprint density at radius 3 is 2.90 bits per heavy atom. The molecule has 2 N–H and O–H groups in total. The van der Waals surface area contributed by atoms with Gasteiger partial charge in [-0.15, -0.1) is 0 Å². The molecule has 20 heavy (non-hydrogen) atoms. The lowest BCUT2D eigenvalue weighted by Gasteiger charge is -2.06. The van der Waals surface area contributed by atoms with Crippen LogP contribution in [0.5, 0.6) is 5.88 Å². The van der Waals surface area contributed by atoms with Crippen LogP contribution in [0.3, 0.4) is 0 Å². The van der Waals surface area contributed by atoms with Crippen LogP contribution in [-0.4, -0.2) is 23.0 Å². The molecule has 2 heterocycles. The highest BCUT2D eigenvalue weighted by Gasteiger charge is 2.10. The van der Waals surface area contributed by atoms with E-state index in [0.717, 1.165) is 10.9 Å². The zero-order valence-corrected chi connectivity index (χ0v) is 10.9. The third-order valence-corrected chi connectivity index (χ3v) is 3.04. The number of pyridine rings is 1. The van der Waals surface area contributed by atoms with Crippen LogP contribution in [0.1, 0.15) is 10.4 Å². The summed E-state index contributed by atoms with van der Waals surface area (Å²) in [6, 6.07) is 10.9. The van der Waals surface area contributed by atoms with Gasteiger partial charge in [0.25, 0.3) is 5.91 Å². The van der Waals surface area contributed by atoms with Crippen molar-refractivity contribution >= 4 is 22.5 Å². The van der Waals surface area contributed by atoms with Crippen molar-refractivity contribution in [1.29, 1.82) is 0 Å². The largest absolute Gasteiger partial charge is 0.481 e. The fraction of sp³-hybridized carbons (Fsp3) is 0.0667. The van der Waals surface area contributed by atoms with E-state index in [9.17, 15) is 4.79 Å². The standard InChI is InChI=1S/C15H13N3O2/c1-20-14-6-5-10(9-17-14)18-15(19)12-3-2-4-13-11(12)7-8-16-13/h2-9,16H,1H3,(H,18,19). The SMILES string of the molecule is COc1ccc(NC(=O)c2cccc3[nH]ccc23)cn1. The molecule has 5 heteroatoms. The zero-order chi connectivity index (χ0) is 13.9. The molecular weight excluding hydrogens is 254 g/mol. The molecule has 0 bridgehead atoms. The molecule has 2 aromatic heterocycles. The maximum absolute atomic E-state index is 12.3. The van der Waals surface area contributed by atoms with Gasteiger partial charge in [-0.05, 0) is 24.3 Å².